The lowest BCUT2D eigenvalue weighted by Gasteiger charge is -2.38. The molecule has 1 aliphatic rings. The summed E-state index contributed by atoms with van der Waals surface area (Å²) in [5.74, 6) is -0.166. The number of aromatic nitrogens is 1. The smallest absolute Gasteiger partial charge is 0.225 e. The first-order valence-corrected chi connectivity index (χ1v) is 10.5. The molecule has 0 radical (unpaired) electrons. The Labute approximate surface area is 173 Å². The second-order valence-corrected chi connectivity index (χ2v) is 9.02. The molecule has 0 unspecified atom stereocenters. The van der Waals surface area contributed by atoms with Crippen LogP contribution in [-0.2, 0) is 11.3 Å². The van der Waals surface area contributed by atoms with E-state index in [2.05, 4.69) is 15.2 Å². The normalized spacial score (nSPS) is 19.0. The number of pyridine rings is 1. The number of nitrogens with one attached hydrogen (secondary N) is 1. The van der Waals surface area contributed by atoms with Crippen molar-refractivity contribution in [2.24, 2.45) is 5.41 Å². The van der Waals surface area contributed by atoms with E-state index in [0.29, 0.717) is 6.04 Å². The molecular weight excluding hydrogens is 365 g/mol. The number of rotatable bonds is 6. The Hall–Kier alpha value is -2.27. The second kappa shape index (κ2) is 9.49. The van der Waals surface area contributed by atoms with Crippen LogP contribution in [-0.4, -0.2) is 28.4 Å². The highest BCUT2D eigenvalue weighted by Crippen LogP contribution is 2.28. The molecule has 1 aromatic heterocycles. The first-order chi connectivity index (χ1) is 13.8. The van der Waals surface area contributed by atoms with Gasteiger partial charge in [0, 0.05) is 24.2 Å². The molecule has 2 aromatic rings. The van der Waals surface area contributed by atoms with Gasteiger partial charge in [0.25, 0.3) is 0 Å². The summed E-state index contributed by atoms with van der Waals surface area (Å²) >= 11 is 0. The molecule has 29 heavy (non-hydrogen) atoms. The number of carbonyl (C=O) groups is 1. The van der Waals surface area contributed by atoms with E-state index >= 15 is 0 Å². The molecule has 4 nitrogen and oxygen atoms in total. The molecule has 2 atom stereocenters. The molecule has 1 aliphatic heterocycles. The van der Waals surface area contributed by atoms with Crippen LogP contribution in [0.25, 0.3) is 0 Å². The third-order valence-electron chi connectivity index (χ3n) is 5.56. The molecule has 0 bridgehead atoms. The van der Waals surface area contributed by atoms with Gasteiger partial charge in [0.05, 0.1) is 11.7 Å². The highest BCUT2D eigenvalue weighted by atomic mass is 19.1. The minimum atomic E-state index is -0.457. The number of nitrogens with zero attached hydrogens (tertiary/aromatic N) is 2. The van der Waals surface area contributed by atoms with E-state index < -0.39 is 5.41 Å². The Bertz CT molecular complexity index is 803. The average molecular weight is 398 g/mol. The average Bonchev–Trinajstić information content (AvgIpc) is 2.69. The van der Waals surface area contributed by atoms with Crippen molar-refractivity contribution >= 4 is 5.91 Å². The van der Waals surface area contributed by atoms with E-state index in [1.807, 2.05) is 45.0 Å². The molecule has 3 rings (SSSR count). The van der Waals surface area contributed by atoms with E-state index in [1.165, 1.54) is 12.5 Å². The largest absolute Gasteiger partial charge is 0.347 e. The topological polar surface area (TPSA) is 45.2 Å². The second-order valence-electron chi connectivity index (χ2n) is 9.02. The molecule has 2 heterocycles. The number of benzene rings is 1. The first kappa shape index (κ1) is 21.4. The zero-order chi connectivity index (χ0) is 20.9. The van der Waals surface area contributed by atoms with Crippen LogP contribution in [0.15, 0.2) is 48.7 Å². The maximum absolute atomic E-state index is 13.6. The summed E-state index contributed by atoms with van der Waals surface area (Å²) in [6, 6.07) is 12.9. The van der Waals surface area contributed by atoms with Gasteiger partial charge in [-0.25, -0.2) is 4.39 Å². The molecule has 156 valence electrons. The van der Waals surface area contributed by atoms with Crippen molar-refractivity contribution in [1.82, 2.24) is 15.2 Å². The molecule has 1 amide bonds. The molecule has 5 heteroatoms. The summed E-state index contributed by atoms with van der Waals surface area (Å²) < 4.78 is 13.6. The van der Waals surface area contributed by atoms with Gasteiger partial charge in [-0.3, -0.25) is 14.7 Å². The molecule has 1 fully saturated rings. The van der Waals surface area contributed by atoms with E-state index in [4.69, 9.17) is 0 Å². The molecule has 1 aromatic carbocycles. The maximum atomic E-state index is 13.6. The molecule has 1 saturated heterocycles. The lowest BCUT2D eigenvalue weighted by atomic mass is 9.91. The fourth-order valence-corrected chi connectivity index (χ4v) is 3.89. The molecule has 0 aliphatic carbocycles. The Balaban J connectivity index is 1.77. The molecule has 1 N–H and O–H groups in total. The molecular formula is C24H32FN3O. The van der Waals surface area contributed by atoms with Gasteiger partial charge in [-0.1, -0.05) is 45.4 Å². The van der Waals surface area contributed by atoms with E-state index in [9.17, 15) is 9.18 Å². The summed E-state index contributed by atoms with van der Waals surface area (Å²) in [6.45, 7) is 7.49. The van der Waals surface area contributed by atoms with Crippen molar-refractivity contribution in [3.8, 4) is 0 Å². The van der Waals surface area contributed by atoms with Gasteiger partial charge in [-0.2, -0.15) is 0 Å². The predicted molar refractivity (Wildman–Crippen MR) is 114 cm³/mol. The summed E-state index contributed by atoms with van der Waals surface area (Å²) in [7, 11) is 0. The highest BCUT2D eigenvalue weighted by molar-refractivity contribution is 5.81. The first-order valence-electron chi connectivity index (χ1n) is 10.5. The summed E-state index contributed by atoms with van der Waals surface area (Å²) in [4.78, 5) is 19.7. The minimum absolute atomic E-state index is 0.0284. The maximum Gasteiger partial charge on any atom is 0.225 e. The van der Waals surface area contributed by atoms with E-state index in [1.54, 1.807) is 18.3 Å². The Morgan fingerprint density at radius 2 is 2.07 bits per heavy atom. The van der Waals surface area contributed by atoms with E-state index in [0.717, 1.165) is 43.6 Å². The Morgan fingerprint density at radius 3 is 2.76 bits per heavy atom. The number of carbonyl (C=O) groups excluding carboxylic acids is 1. The SMILES string of the molecule is CC(C)(C)C(=O)N[C@@H](C[C@@H]1CCCCN1Cc1cccc(F)c1)c1ccccn1. The zero-order valence-electron chi connectivity index (χ0n) is 17.7. The summed E-state index contributed by atoms with van der Waals surface area (Å²) in [5.41, 5.74) is 1.42. The Morgan fingerprint density at radius 1 is 1.24 bits per heavy atom. The monoisotopic (exact) mass is 397 g/mol. The van der Waals surface area contributed by atoms with Crippen LogP contribution in [0, 0.1) is 11.2 Å². The predicted octanol–water partition coefficient (Wildman–Crippen LogP) is 4.87. The zero-order valence-corrected chi connectivity index (χ0v) is 17.7. The fraction of sp³-hybridized carbons (Fsp3) is 0.500. The quantitative estimate of drug-likeness (QED) is 0.756. The number of hydrogen-bond acceptors (Lipinski definition) is 3. The number of piperidine rings is 1. The van der Waals surface area contributed by atoms with Crippen molar-refractivity contribution in [3.63, 3.8) is 0 Å². The third-order valence-corrected chi connectivity index (χ3v) is 5.56. The summed E-state index contributed by atoms with van der Waals surface area (Å²) in [6.07, 6.45) is 5.97. The van der Waals surface area contributed by atoms with Crippen LogP contribution in [0.1, 0.15) is 63.8 Å². The third kappa shape index (κ3) is 6.10. The van der Waals surface area contributed by atoms with Crippen LogP contribution in [0.2, 0.25) is 0 Å². The van der Waals surface area contributed by atoms with Crippen molar-refractivity contribution < 1.29 is 9.18 Å². The minimum Gasteiger partial charge on any atom is -0.347 e. The van der Waals surface area contributed by atoms with Gasteiger partial charge in [-0.05, 0) is 55.6 Å². The van der Waals surface area contributed by atoms with Crippen molar-refractivity contribution in [1.29, 1.82) is 0 Å². The number of amides is 1. The van der Waals surface area contributed by atoms with Crippen molar-refractivity contribution in [3.05, 3.63) is 65.7 Å². The van der Waals surface area contributed by atoms with Gasteiger partial charge in [-0.15, -0.1) is 0 Å². The van der Waals surface area contributed by atoms with E-state index in [-0.39, 0.29) is 17.8 Å². The van der Waals surface area contributed by atoms with Gasteiger partial charge >= 0.3 is 0 Å². The van der Waals surface area contributed by atoms with Crippen LogP contribution >= 0.6 is 0 Å². The van der Waals surface area contributed by atoms with Crippen molar-refractivity contribution in [2.45, 2.75) is 65.1 Å². The highest BCUT2D eigenvalue weighted by Gasteiger charge is 2.30. The summed E-state index contributed by atoms with van der Waals surface area (Å²) in [5, 5.41) is 3.23. The van der Waals surface area contributed by atoms with Gasteiger partial charge in [0.2, 0.25) is 5.91 Å². The van der Waals surface area contributed by atoms with Crippen LogP contribution in [0.3, 0.4) is 0 Å². The lowest BCUT2D eigenvalue weighted by Crippen LogP contribution is -2.44. The van der Waals surface area contributed by atoms with Crippen molar-refractivity contribution in [2.75, 3.05) is 6.54 Å². The Kier molecular flexibility index (Phi) is 7.01. The van der Waals surface area contributed by atoms with Gasteiger partial charge < -0.3 is 5.32 Å². The fourth-order valence-electron chi connectivity index (χ4n) is 3.89. The van der Waals surface area contributed by atoms with Crippen LogP contribution < -0.4 is 5.32 Å². The molecule has 0 spiro atoms. The number of likely N-dealkylation sites (tertiary alicyclic amines) is 1. The molecule has 0 saturated carbocycles. The lowest BCUT2D eigenvalue weighted by molar-refractivity contribution is -0.129. The number of halogens is 1. The van der Waals surface area contributed by atoms with Crippen LogP contribution in [0.4, 0.5) is 4.39 Å². The van der Waals surface area contributed by atoms with Gasteiger partial charge in [0.15, 0.2) is 0 Å². The number of hydrogen-bond donors (Lipinski definition) is 1. The van der Waals surface area contributed by atoms with Crippen LogP contribution in [0.5, 0.6) is 0 Å². The van der Waals surface area contributed by atoms with Gasteiger partial charge in [0.1, 0.15) is 5.82 Å². The standard InChI is InChI=1S/C24H32FN3O/c1-24(2,3)23(29)27-22(21-12-4-6-13-26-21)16-20-11-5-7-14-28(20)17-18-9-8-10-19(25)15-18/h4,6,8-10,12-13,15,20,22H,5,7,11,14,16-17H2,1-3H3,(H,27,29)/t20-,22-/m0/s1.